The summed E-state index contributed by atoms with van der Waals surface area (Å²) in [4.78, 5) is 26.4. The Balaban J connectivity index is 2.45. The molecule has 1 aliphatic carbocycles. The highest BCUT2D eigenvalue weighted by Crippen LogP contribution is 2.49. The predicted molar refractivity (Wildman–Crippen MR) is 89.6 cm³/mol. The normalized spacial score (nSPS) is 31.1. The molecule has 1 saturated heterocycles. The Labute approximate surface area is 144 Å². The third-order valence-corrected chi connectivity index (χ3v) is 5.19. The fraction of sp³-hybridized carbons (Fsp3) is 0.889. The lowest BCUT2D eigenvalue weighted by atomic mass is 9.72. The summed E-state index contributed by atoms with van der Waals surface area (Å²) in [5.74, 6) is -0.941. The Kier molecular flexibility index (Phi) is 4.92. The van der Waals surface area contributed by atoms with Crippen molar-refractivity contribution in [2.24, 2.45) is 5.92 Å². The minimum Gasteiger partial charge on any atom is -0.479 e. The van der Waals surface area contributed by atoms with Crippen molar-refractivity contribution in [1.82, 2.24) is 4.90 Å². The first kappa shape index (κ1) is 19.0. The molecule has 0 radical (unpaired) electrons. The van der Waals surface area contributed by atoms with Crippen molar-refractivity contribution in [3.05, 3.63) is 0 Å². The van der Waals surface area contributed by atoms with Crippen molar-refractivity contribution in [3.8, 4) is 0 Å². The van der Waals surface area contributed by atoms with E-state index in [0.717, 1.165) is 32.1 Å². The van der Waals surface area contributed by atoms with Crippen molar-refractivity contribution in [2.75, 3.05) is 0 Å². The second-order valence-corrected chi connectivity index (χ2v) is 8.66. The topological polar surface area (TPSA) is 76.1 Å². The highest BCUT2D eigenvalue weighted by atomic mass is 16.6. The summed E-state index contributed by atoms with van der Waals surface area (Å²) < 4.78 is 11.4. The molecular weight excluding hydrogens is 310 g/mol. The molecule has 1 N–H and O–H groups in total. The zero-order valence-electron chi connectivity index (χ0n) is 15.7. The van der Waals surface area contributed by atoms with E-state index in [1.165, 1.54) is 0 Å². The molecule has 6 nitrogen and oxygen atoms in total. The molecule has 2 fully saturated rings. The Morgan fingerprint density at radius 2 is 1.67 bits per heavy atom. The van der Waals surface area contributed by atoms with E-state index in [4.69, 9.17) is 9.47 Å². The summed E-state index contributed by atoms with van der Waals surface area (Å²) in [6.45, 7) is 10.7. The zero-order valence-corrected chi connectivity index (χ0v) is 15.7. The van der Waals surface area contributed by atoms with E-state index >= 15 is 0 Å². The fourth-order valence-electron chi connectivity index (χ4n) is 4.27. The number of nitrogens with zero attached hydrogens (tertiary/aromatic N) is 1. The molecule has 24 heavy (non-hydrogen) atoms. The fourth-order valence-corrected chi connectivity index (χ4v) is 4.27. The van der Waals surface area contributed by atoms with E-state index in [-0.39, 0.29) is 5.92 Å². The Morgan fingerprint density at radius 3 is 2.12 bits per heavy atom. The molecule has 0 unspecified atom stereocenters. The van der Waals surface area contributed by atoms with E-state index < -0.39 is 35.0 Å². The van der Waals surface area contributed by atoms with Gasteiger partial charge in [-0.05, 0) is 60.3 Å². The van der Waals surface area contributed by atoms with E-state index in [1.54, 1.807) is 39.5 Å². The number of amides is 1. The summed E-state index contributed by atoms with van der Waals surface area (Å²) >= 11 is 0. The maximum atomic E-state index is 12.9. The van der Waals surface area contributed by atoms with Crippen LogP contribution in [0.2, 0.25) is 0 Å². The van der Waals surface area contributed by atoms with Gasteiger partial charge in [-0.25, -0.2) is 9.59 Å². The van der Waals surface area contributed by atoms with Crippen LogP contribution in [-0.4, -0.2) is 45.0 Å². The average Bonchev–Trinajstić information content (AvgIpc) is 2.65. The number of carbonyl (C=O) groups excluding carboxylic acids is 1. The van der Waals surface area contributed by atoms with Gasteiger partial charge in [0.1, 0.15) is 11.3 Å². The summed E-state index contributed by atoms with van der Waals surface area (Å²) in [6, 6.07) is 0. The van der Waals surface area contributed by atoms with Crippen LogP contribution in [0.25, 0.3) is 0 Å². The largest absolute Gasteiger partial charge is 0.479 e. The molecule has 1 saturated carbocycles. The van der Waals surface area contributed by atoms with Gasteiger partial charge in [0, 0.05) is 0 Å². The summed E-state index contributed by atoms with van der Waals surface area (Å²) in [5.41, 5.74) is -2.60. The van der Waals surface area contributed by atoms with Gasteiger partial charge in [-0.2, -0.15) is 0 Å². The van der Waals surface area contributed by atoms with Gasteiger partial charge in [0.25, 0.3) is 0 Å². The monoisotopic (exact) mass is 341 g/mol. The standard InChI is InChI=1S/C18H31NO5/c1-16(2,3)24-15(22)19-17(4,5)23-13(14(20)21)18(19,6)12-10-8-7-9-11-12/h12-13H,7-11H2,1-6H3,(H,20,21)/t13-,18-/m0/s1. The number of carboxylic acid groups (broad SMARTS) is 1. The molecule has 6 heteroatoms. The molecule has 1 amide bonds. The van der Waals surface area contributed by atoms with E-state index in [0.29, 0.717) is 0 Å². The number of hydrogen-bond acceptors (Lipinski definition) is 4. The van der Waals surface area contributed by atoms with E-state index in [9.17, 15) is 14.7 Å². The van der Waals surface area contributed by atoms with Gasteiger partial charge in [0.2, 0.25) is 0 Å². The molecule has 2 rings (SSSR count). The minimum absolute atomic E-state index is 0.0849. The summed E-state index contributed by atoms with van der Waals surface area (Å²) in [5, 5.41) is 9.74. The lowest BCUT2D eigenvalue weighted by Crippen LogP contribution is -2.61. The highest BCUT2D eigenvalue weighted by molar-refractivity contribution is 5.79. The van der Waals surface area contributed by atoms with Gasteiger partial charge in [-0.1, -0.05) is 19.3 Å². The van der Waals surface area contributed by atoms with Gasteiger partial charge in [0.05, 0.1) is 5.54 Å². The molecule has 2 aliphatic rings. The Hall–Kier alpha value is -1.30. The highest BCUT2D eigenvalue weighted by Gasteiger charge is 2.64. The van der Waals surface area contributed by atoms with Crippen LogP contribution in [0, 0.1) is 5.92 Å². The van der Waals surface area contributed by atoms with Crippen molar-refractivity contribution >= 4 is 12.1 Å². The van der Waals surface area contributed by atoms with E-state index in [2.05, 4.69) is 0 Å². The lowest BCUT2D eigenvalue weighted by molar-refractivity contribution is -0.156. The van der Waals surface area contributed by atoms with Crippen molar-refractivity contribution < 1.29 is 24.2 Å². The average molecular weight is 341 g/mol. The van der Waals surface area contributed by atoms with Gasteiger partial charge in [0.15, 0.2) is 6.10 Å². The first-order valence-electron chi connectivity index (χ1n) is 8.83. The van der Waals surface area contributed by atoms with Crippen molar-refractivity contribution in [1.29, 1.82) is 0 Å². The molecule has 0 spiro atoms. The van der Waals surface area contributed by atoms with Crippen LogP contribution in [0.4, 0.5) is 4.79 Å². The molecule has 0 aromatic carbocycles. The Bertz CT molecular complexity index is 504. The molecule has 1 heterocycles. The summed E-state index contributed by atoms with van der Waals surface area (Å²) in [7, 11) is 0. The van der Waals surface area contributed by atoms with Gasteiger partial charge < -0.3 is 14.6 Å². The van der Waals surface area contributed by atoms with Crippen LogP contribution >= 0.6 is 0 Å². The van der Waals surface area contributed by atoms with Gasteiger partial charge in [-0.3, -0.25) is 4.90 Å². The maximum absolute atomic E-state index is 12.9. The van der Waals surface area contributed by atoms with Crippen LogP contribution < -0.4 is 0 Å². The predicted octanol–water partition coefficient (Wildman–Crippen LogP) is 3.78. The third-order valence-electron chi connectivity index (χ3n) is 5.19. The van der Waals surface area contributed by atoms with Crippen molar-refractivity contribution in [2.45, 2.75) is 96.6 Å². The quantitative estimate of drug-likeness (QED) is 0.827. The van der Waals surface area contributed by atoms with Crippen molar-refractivity contribution in [3.63, 3.8) is 0 Å². The van der Waals surface area contributed by atoms with Crippen LogP contribution in [0.5, 0.6) is 0 Å². The summed E-state index contributed by atoms with van der Waals surface area (Å²) in [6.07, 6.45) is 3.50. The molecule has 0 aromatic rings. The molecular formula is C18H31NO5. The number of rotatable bonds is 2. The first-order chi connectivity index (χ1) is 10.9. The van der Waals surface area contributed by atoms with Crippen LogP contribution in [-0.2, 0) is 14.3 Å². The second kappa shape index (κ2) is 6.21. The molecule has 1 aliphatic heterocycles. The van der Waals surface area contributed by atoms with Crippen LogP contribution in [0.3, 0.4) is 0 Å². The van der Waals surface area contributed by atoms with Crippen LogP contribution in [0.15, 0.2) is 0 Å². The smallest absolute Gasteiger partial charge is 0.413 e. The number of ether oxygens (including phenoxy) is 2. The first-order valence-corrected chi connectivity index (χ1v) is 8.83. The molecule has 138 valence electrons. The minimum atomic E-state index is -1.05. The Morgan fingerprint density at radius 1 is 1.12 bits per heavy atom. The SMILES string of the molecule is CC(C)(C)OC(=O)N1C(C)(C)O[C@@H](C(=O)O)[C@]1(C)C1CCCCC1. The maximum Gasteiger partial charge on any atom is 0.413 e. The van der Waals surface area contributed by atoms with Crippen LogP contribution in [0.1, 0.15) is 73.6 Å². The van der Waals surface area contributed by atoms with Gasteiger partial charge >= 0.3 is 12.1 Å². The lowest BCUT2D eigenvalue weighted by Gasteiger charge is -2.46. The molecule has 2 atom stereocenters. The molecule has 0 bridgehead atoms. The number of carboxylic acids is 1. The number of aliphatic carboxylic acids is 1. The third kappa shape index (κ3) is 3.39. The second-order valence-electron chi connectivity index (χ2n) is 8.66. The van der Waals surface area contributed by atoms with Gasteiger partial charge in [-0.15, -0.1) is 0 Å². The van der Waals surface area contributed by atoms with E-state index in [1.807, 2.05) is 6.92 Å². The number of hydrogen-bond donors (Lipinski definition) is 1. The number of carbonyl (C=O) groups is 2. The zero-order chi connectivity index (χ0) is 18.3. The molecule has 0 aromatic heterocycles.